The number of rotatable bonds is 4. The number of esters is 1. The van der Waals surface area contributed by atoms with Gasteiger partial charge >= 0.3 is 5.97 Å². The summed E-state index contributed by atoms with van der Waals surface area (Å²) in [6, 6.07) is 7.15. The lowest BCUT2D eigenvalue weighted by atomic mass is 10.1. The molecule has 0 aliphatic carbocycles. The van der Waals surface area contributed by atoms with Crippen molar-refractivity contribution in [1.29, 1.82) is 0 Å². The summed E-state index contributed by atoms with van der Waals surface area (Å²) in [4.78, 5) is 14.1. The molecule has 0 amide bonds. The average Bonchev–Trinajstić information content (AvgIpc) is 3.14. The van der Waals surface area contributed by atoms with Crippen LogP contribution >= 0.6 is 22.9 Å². The molecule has 140 valence electrons. The Hall–Kier alpha value is -1.61. The smallest absolute Gasteiger partial charge is 0.349 e. The van der Waals surface area contributed by atoms with Crippen LogP contribution in [0.5, 0.6) is 0 Å². The number of benzene rings is 1. The molecule has 0 atom stereocenters. The zero-order chi connectivity index (χ0) is 18.9. The molecule has 1 aromatic carbocycles. The molecule has 0 spiro atoms. The lowest BCUT2D eigenvalue weighted by molar-refractivity contribution is 0.0602. The van der Waals surface area contributed by atoms with Crippen LogP contribution in [-0.4, -0.2) is 52.0 Å². The summed E-state index contributed by atoms with van der Waals surface area (Å²) in [5, 5.41) is 2.24. The predicted molar refractivity (Wildman–Crippen MR) is 103 cm³/mol. The van der Waals surface area contributed by atoms with Crippen LogP contribution in [0.3, 0.4) is 0 Å². The lowest BCUT2D eigenvalue weighted by Gasteiger charge is -2.36. The molecule has 0 bridgehead atoms. The number of nitrogens with zero attached hydrogens (tertiary/aromatic N) is 2. The van der Waals surface area contributed by atoms with Crippen molar-refractivity contribution in [1.82, 2.24) is 4.31 Å². The van der Waals surface area contributed by atoms with Gasteiger partial charge in [-0.3, -0.25) is 0 Å². The van der Waals surface area contributed by atoms with Crippen LogP contribution < -0.4 is 4.90 Å². The predicted octanol–water partition coefficient (Wildman–Crippen LogP) is 3.01. The maximum absolute atomic E-state index is 12.9. The number of aryl methyl sites for hydroxylation is 1. The van der Waals surface area contributed by atoms with Crippen LogP contribution in [0.25, 0.3) is 0 Å². The van der Waals surface area contributed by atoms with E-state index < -0.39 is 16.0 Å². The minimum absolute atomic E-state index is 0.0155. The van der Waals surface area contributed by atoms with Crippen LogP contribution in [0, 0.1) is 6.92 Å². The topological polar surface area (TPSA) is 66.9 Å². The number of ether oxygens (including phenoxy) is 1. The molecule has 2 aromatic rings. The molecule has 26 heavy (non-hydrogen) atoms. The van der Waals surface area contributed by atoms with Gasteiger partial charge in [-0.15, -0.1) is 11.3 Å². The molecule has 3 rings (SSSR count). The second-order valence-electron chi connectivity index (χ2n) is 5.93. The first-order valence-corrected chi connectivity index (χ1v) is 10.7. The summed E-state index contributed by atoms with van der Waals surface area (Å²) in [6.45, 7) is 3.79. The summed E-state index contributed by atoms with van der Waals surface area (Å²) in [7, 11) is -2.50. The fourth-order valence-electron chi connectivity index (χ4n) is 2.97. The molecule has 0 saturated carbocycles. The number of piperazine rings is 1. The van der Waals surface area contributed by atoms with E-state index in [9.17, 15) is 13.2 Å². The monoisotopic (exact) mass is 414 g/mol. The zero-order valence-electron chi connectivity index (χ0n) is 14.4. The summed E-state index contributed by atoms with van der Waals surface area (Å²) >= 11 is 7.16. The highest BCUT2D eigenvalue weighted by Crippen LogP contribution is 2.29. The second kappa shape index (κ2) is 7.56. The van der Waals surface area contributed by atoms with Gasteiger partial charge in [0.25, 0.3) is 0 Å². The molecular formula is C17H19ClN2O4S2. The molecule has 9 heteroatoms. The van der Waals surface area contributed by atoms with Gasteiger partial charge in [0.05, 0.1) is 7.11 Å². The van der Waals surface area contributed by atoms with E-state index >= 15 is 0 Å². The Morgan fingerprint density at radius 3 is 2.54 bits per heavy atom. The van der Waals surface area contributed by atoms with Gasteiger partial charge in [-0.1, -0.05) is 17.7 Å². The molecule has 1 fully saturated rings. The number of sulfonamides is 1. The van der Waals surface area contributed by atoms with Crippen molar-refractivity contribution >= 4 is 44.6 Å². The molecular weight excluding hydrogens is 396 g/mol. The number of carbonyl (C=O) groups is 1. The van der Waals surface area contributed by atoms with Gasteiger partial charge in [0.2, 0.25) is 10.0 Å². The standard InChI is InChI=1S/C17H19ClN2O4S2/c1-12-3-4-13(18)11-14(12)19-6-8-20(9-7-19)26(22,23)15-5-10-25-16(15)17(21)24-2/h3-5,10-11H,6-9H2,1-2H3. The van der Waals surface area contributed by atoms with E-state index in [2.05, 4.69) is 9.64 Å². The van der Waals surface area contributed by atoms with Crippen LogP contribution in [0.1, 0.15) is 15.2 Å². The van der Waals surface area contributed by atoms with Gasteiger partial charge < -0.3 is 9.64 Å². The van der Waals surface area contributed by atoms with E-state index in [1.165, 1.54) is 17.5 Å². The number of hydrogen-bond acceptors (Lipinski definition) is 6. The average molecular weight is 415 g/mol. The molecule has 0 unspecified atom stereocenters. The first-order valence-electron chi connectivity index (χ1n) is 8.01. The molecule has 1 aliphatic rings. The van der Waals surface area contributed by atoms with Crippen LogP contribution in [0.15, 0.2) is 34.5 Å². The van der Waals surface area contributed by atoms with Crippen molar-refractivity contribution in [2.24, 2.45) is 0 Å². The highest BCUT2D eigenvalue weighted by atomic mass is 35.5. The zero-order valence-corrected chi connectivity index (χ0v) is 16.8. The van der Waals surface area contributed by atoms with Gasteiger partial charge in [-0.25, -0.2) is 13.2 Å². The van der Waals surface area contributed by atoms with Gasteiger partial charge in [0.15, 0.2) is 0 Å². The molecule has 6 nitrogen and oxygen atoms in total. The minimum Gasteiger partial charge on any atom is -0.465 e. The fourth-order valence-corrected chi connectivity index (χ4v) is 5.87. The Morgan fingerprint density at radius 2 is 1.88 bits per heavy atom. The van der Waals surface area contributed by atoms with Crippen molar-refractivity contribution < 1.29 is 17.9 Å². The third-order valence-corrected chi connectivity index (χ3v) is 7.57. The number of anilines is 1. The van der Waals surface area contributed by atoms with Gasteiger partial charge in [0.1, 0.15) is 9.77 Å². The highest BCUT2D eigenvalue weighted by molar-refractivity contribution is 7.89. The quantitative estimate of drug-likeness (QED) is 0.719. The summed E-state index contributed by atoms with van der Waals surface area (Å²) in [6.07, 6.45) is 0. The van der Waals surface area contributed by atoms with Crippen molar-refractivity contribution in [3.8, 4) is 0 Å². The maximum atomic E-state index is 12.9. The SMILES string of the molecule is COC(=O)c1sccc1S(=O)(=O)N1CCN(c2cc(Cl)ccc2C)CC1. The number of carbonyl (C=O) groups excluding carboxylic acids is 1. The van der Waals surface area contributed by atoms with E-state index in [0.29, 0.717) is 31.2 Å². The Bertz CT molecular complexity index is 919. The Balaban J connectivity index is 1.78. The second-order valence-corrected chi connectivity index (χ2v) is 9.19. The number of hydrogen-bond donors (Lipinski definition) is 0. The third-order valence-electron chi connectivity index (χ3n) is 4.37. The molecule has 0 N–H and O–H groups in total. The maximum Gasteiger partial charge on any atom is 0.349 e. The van der Waals surface area contributed by atoms with E-state index in [0.717, 1.165) is 22.6 Å². The van der Waals surface area contributed by atoms with Crippen molar-refractivity contribution in [2.45, 2.75) is 11.8 Å². The first-order chi connectivity index (χ1) is 12.3. The van der Waals surface area contributed by atoms with Crippen LogP contribution in [0.4, 0.5) is 5.69 Å². The van der Waals surface area contributed by atoms with Crippen molar-refractivity contribution in [3.63, 3.8) is 0 Å². The van der Waals surface area contributed by atoms with E-state index in [-0.39, 0.29) is 9.77 Å². The number of methoxy groups -OCH3 is 1. The molecule has 0 radical (unpaired) electrons. The van der Waals surface area contributed by atoms with Gasteiger partial charge in [-0.2, -0.15) is 4.31 Å². The van der Waals surface area contributed by atoms with Gasteiger partial charge in [0, 0.05) is 36.9 Å². The first kappa shape index (κ1) is 19.2. The summed E-state index contributed by atoms with van der Waals surface area (Å²) in [5.74, 6) is -0.633. The summed E-state index contributed by atoms with van der Waals surface area (Å²) < 4.78 is 32.0. The van der Waals surface area contributed by atoms with Crippen molar-refractivity contribution in [2.75, 3.05) is 38.2 Å². The third kappa shape index (κ3) is 3.59. The number of thiophene rings is 1. The Labute approximate surface area is 162 Å². The van der Waals surface area contributed by atoms with E-state index in [1.54, 1.807) is 5.38 Å². The molecule has 1 aliphatic heterocycles. The van der Waals surface area contributed by atoms with E-state index in [4.69, 9.17) is 11.6 Å². The fraction of sp³-hybridized carbons (Fsp3) is 0.353. The van der Waals surface area contributed by atoms with Crippen molar-refractivity contribution in [3.05, 3.63) is 45.1 Å². The highest BCUT2D eigenvalue weighted by Gasteiger charge is 2.33. The Morgan fingerprint density at radius 1 is 1.19 bits per heavy atom. The molecule has 1 saturated heterocycles. The molecule has 2 heterocycles. The largest absolute Gasteiger partial charge is 0.465 e. The van der Waals surface area contributed by atoms with E-state index in [1.807, 2.05) is 25.1 Å². The lowest BCUT2D eigenvalue weighted by Crippen LogP contribution is -2.49. The Kier molecular flexibility index (Phi) is 5.57. The van der Waals surface area contributed by atoms with Crippen LogP contribution in [-0.2, 0) is 14.8 Å². The number of halogens is 1. The summed E-state index contributed by atoms with van der Waals surface area (Å²) in [5.41, 5.74) is 2.11. The normalized spacial score (nSPS) is 15.9. The van der Waals surface area contributed by atoms with Crippen LogP contribution in [0.2, 0.25) is 5.02 Å². The molecule has 1 aromatic heterocycles. The van der Waals surface area contributed by atoms with Gasteiger partial charge in [-0.05, 0) is 36.1 Å². The minimum atomic E-state index is -3.74.